The second-order valence-corrected chi connectivity index (χ2v) is 4.78. The summed E-state index contributed by atoms with van der Waals surface area (Å²) in [5.41, 5.74) is 1.29. The van der Waals surface area contributed by atoms with E-state index < -0.39 is 0 Å². The average Bonchev–Trinajstić information content (AvgIpc) is 3.10. The number of fused-ring (bicyclic) bond motifs is 1. The molecule has 0 unspecified atom stereocenters. The molecule has 3 nitrogen and oxygen atoms in total. The van der Waals surface area contributed by atoms with Crippen LogP contribution in [0.15, 0.2) is 18.2 Å². The van der Waals surface area contributed by atoms with Crippen molar-refractivity contribution in [2.75, 3.05) is 19.8 Å². The first kappa shape index (κ1) is 9.97. The summed E-state index contributed by atoms with van der Waals surface area (Å²) >= 11 is 0. The van der Waals surface area contributed by atoms with Crippen molar-refractivity contribution in [1.29, 1.82) is 0 Å². The fourth-order valence-corrected chi connectivity index (χ4v) is 2.24. The molecule has 0 saturated heterocycles. The second-order valence-electron chi connectivity index (χ2n) is 4.78. The third kappa shape index (κ3) is 1.65. The smallest absolute Gasteiger partial charge is 0.164 e. The number of hydrogen-bond acceptors (Lipinski definition) is 3. The van der Waals surface area contributed by atoms with Crippen LogP contribution in [0.5, 0.6) is 11.5 Å². The zero-order valence-electron chi connectivity index (χ0n) is 9.24. The van der Waals surface area contributed by atoms with Crippen LogP contribution in [0, 0.1) is 5.41 Å². The van der Waals surface area contributed by atoms with Crippen molar-refractivity contribution in [3.8, 4) is 11.5 Å². The van der Waals surface area contributed by atoms with E-state index in [1.807, 2.05) is 12.1 Å². The molecule has 0 bridgehead atoms. The Morgan fingerprint density at radius 3 is 2.75 bits per heavy atom. The van der Waals surface area contributed by atoms with Gasteiger partial charge in [0.2, 0.25) is 0 Å². The summed E-state index contributed by atoms with van der Waals surface area (Å²) < 4.78 is 11.2. The average molecular weight is 220 g/mol. The molecular formula is C13H16O3. The first-order chi connectivity index (χ1) is 7.83. The SMILES string of the molecule is OCC1(Cc2cccc3c2OCCO3)CC1. The summed E-state index contributed by atoms with van der Waals surface area (Å²) in [6.07, 6.45) is 3.14. The lowest BCUT2D eigenvalue weighted by Gasteiger charge is -2.22. The molecule has 16 heavy (non-hydrogen) atoms. The monoisotopic (exact) mass is 220 g/mol. The van der Waals surface area contributed by atoms with Crippen molar-refractivity contribution >= 4 is 0 Å². The van der Waals surface area contributed by atoms with Crippen LogP contribution >= 0.6 is 0 Å². The van der Waals surface area contributed by atoms with Crippen LogP contribution in [0.1, 0.15) is 18.4 Å². The minimum atomic E-state index is 0.121. The first-order valence-electron chi connectivity index (χ1n) is 5.81. The van der Waals surface area contributed by atoms with Crippen molar-refractivity contribution in [2.45, 2.75) is 19.3 Å². The van der Waals surface area contributed by atoms with Crippen LogP contribution in [-0.4, -0.2) is 24.9 Å². The number of para-hydroxylation sites is 1. The number of rotatable bonds is 3. The van der Waals surface area contributed by atoms with Gasteiger partial charge in [-0.05, 0) is 36.3 Å². The summed E-state index contributed by atoms with van der Waals surface area (Å²) in [7, 11) is 0. The van der Waals surface area contributed by atoms with E-state index in [1.54, 1.807) is 0 Å². The van der Waals surface area contributed by atoms with Gasteiger partial charge in [0.1, 0.15) is 13.2 Å². The van der Waals surface area contributed by atoms with Crippen LogP contribution < -0.4 is 9.47 Å². The topological polar surface area (TPSA) is 38.7 Å². The lowest BCUT2D eigenvalue weighted by atomic mass is 9.96. The largest absolute Gasteiger partial charge is 0.486 e. The molecule has 86 valence electrons. The minimum absolute atomic E-state index is 0.121. The maximum atomic E-state index is 9.35. The van der Waals surface area contributed by atoms with Crippen molar-refractivity contribution < 1.29 is 14.6 Å². The molecular weight excluding hydrogens is 204 g/mol. The van der Waals surface area contributed by atoms with Gasteiger partial charge in [0.25, 0.3) is 0 Å². The van der Waals surface area contributed by atoms with E-state index >= 15 is 0 Å². The van der Waals surface area contributed by atoms with Gasteiger partial charge < -0.3 is 14.6 Å². The van der Waals surface area contributed by atoms with Gasteiger partial charge in [-0.3, -0.25) is 0 Å². The molecule has 3 heteroatoms. The molecule has 1 fully saturated rings. The van der Waals surface area contributed by atoms with Crippen LogP contribution in [0.3, 0.4) is 0 Å². The molecule has 0 spiro atoms. The van der Waals surface area contributed by atoms with Gasteiger partial charge >= 0.3 is 0 Å². The number of aliphatic hydroxyl groups excluding tert-OH is 1. The van der Waals surface area contributed by atoms with E-state index in [4.69, 9.17) is 9.47 Å². The van der Waals surface area contributed by atoms with Gasteiger partial charge in [-0.2, -0.15) is 0 Å². The molecule has 0 aromatic heterocycles. The van der Waals surface area contributed by atoms with Crippen LogP contribution in [0.25, 0.3) is 0 Å². The number of hydrogen-bond donors (Lipinski definition) is 1. The van der Waals surface area contributed by atoms with Crippen molar-refractivity contribution in [3.05, 3.63) is 23.8 Å². The van der Waals surface area contributed by atoms with Gasteiger partial charge in [-0.15, -0.1) is 0 Å². The van der Waals surface area contributed by atoms with E-state index in [1.165, 1.54) is 5.56 Å². The minimum Gasteiger partial charge on any atom is -0.486 e. The third-order valence-corrected chi connectivity index (χ3v) is 3.51. The van der Waals surface area contributed by atoms with Crippen molar-refractivity contribution in [2.24, 2.45) is 5.41 Å². The molecule has 0 amide bonds. The molecule has 1 aliphatic heterocycles. The Balaban J connectivity index is 1.89. The summed E-state index contributed by atoms with van der Waals surface area (Å²) in [5, 5.41) is 9.35. The van der Waals surface area contributed by atoms with Gasteiger partial charge in [-0.25, -0.2) is 0 Å². The van der Waals surface area contributed by atoms with Gasteiger partial charge in [0, 0.05) is 6.61 Å². The normalized spacial score (nSPS) is 20.6. The number of benzene rings is 1. The van der Waals surface area contributed by atoms with Crippen LogP contribution in [0.2, 0.25) is 0 Å². The highest BCUT2D eigenvalue weighted by molar-refractivity contribution is 5.48. The van der Waals surface area contributed by atoms with Crippen LogP contribution in [-0.2, 0) is 6.42 Å². The lowest BCUT2D eigenvalue weighted by Crippen LogP contribution is -2.18. The van der Waals surface area contributed by atoms with Crippen LogP contribution in [0.4, 0.5) is 0 Å². The maximum absolute atomic E-state index is 9.35. The number of ether oxygens (including phenoxy) is 2. The van der Waals surface area contributed by atoms with Gasteiger partial charge in [0.15, 0.2) is 11.5 Å². The molecule has 2 aliphatic rings. The predicted octanol–water partition coefficient (Wildman–Crippen LogP) is 1.77. The predicted molar refractivity (Wildman–Crippen MR) is 59.9 cm³/mol. The third-order valence-electron chi connectivity index (χ3n) is 3.51. The Morgan fingerprint density at radius 1 is 1.19 bits per heavy atom. The highest BCUT2D eigenvalue weighted by atomic mass is 16.6. The molecule has 1 aromatic carbocycles. The molecule has 1 aromatic rings. The maximum Gasteiger partial charge on any atom is 0.164 e. The second kappa shape index (κ2) is 3.67. The molecule has 1 N–H and O–H groups in total. The highest BCUT2D eigenvalue weighted by Gasteiger charge is 2.42. The zero-order valence-corrected chi connectivity index (χ0v) is 9.24. The molecule has 1 saturated carbocycles. The Hall–Kier alpha value is -1.22. The van der Waals surface area contributed by atoms with Crippen molar-refractivity contribution in [3.63, 3.8) is 0 Å². The van der Waals surface area contributed by atoms with E-state index in [2.05, 4.69) is 6.07 Å². The lowest BCUT2D eigenvalue weighted by molar-refractivity contribution is 0.167. The molecule has 1 aliphatic carbocycles. The quantitative estimate of drug-likeness (QED) is 0.843. The van der Waals surface area contributed by atoms with Gasteiger partial charge in [-0.1, -0.05) is 12.1 Å². The Kier molecular flexibility index (Phi) is 2.28. The van der Waals surface area contributed by atoms with E-state index in [-0.39, 0.29) is 12.0 Å². The summed E-state index contributed by atoms with van der Waals surface area (Å²) in [6.45, 7) is 1.52. The highest BCUT2D eigenvalue weighted by Crippen LogP contribution is 2.50. The zero-order chi connectivity index (χ0) is 11.0. The number of aliphatic hydroxyl groups is 1. The summed E-state index contributed by atoms with van der Waals surface area (Å²) in [5.74, 6) is 1.73. The molecule has 0 atom stereocenters. The Labute approximate surface area is 95.0 Å². The molecule has 0 radical (unpaired) electrons. The van der Waals surface area contributed by atoms with Crippen molar-refractivity contribution in [1.82, 2.24) is 0 Å². The Bertz CT molecular complexity index is 396. The van der Waals surface area contributed by atoms with E-state index in [0.29, 0.717) is 13.2 Å². The first-order valence-corrected chi connectivity index (χ1v) is 5.81. The molecule has 3 rings (SSSR count). The summed E-state index contributed by atoms with van der Waals surface area (Å²) in [6, 6.07) is 6.01. The Morgan fingerprint density at radius 2 is 2.00 bits per heavy atom. The summed E-state index contributed by atoms with van der Waals surface area (Å²) in [4.78, 5) is 0. The standard InChI is InChI=1S/C13H16O3/c14-9-13(4-5-13)8-10-2-1-3-11-12(10)16-7-6-15-11/h1-3,14H,4-9H2. The van der Waals surface area contributed by atoms with E-state index in [9.17, 15) is 5.11 Å². The van der Waals surface area contributed by atoms with E-state index in [0.717, 1.165) is 30.8 Å². The fourth-order valence-electron chi connectivity index (χ4n) is 2.24. The van der Waals surface area contributed by atoms with Gasteiger partial charge in [0.05, 0.1) is 0 Å². The molecule has 1 heterocycles. The fraction of sp³-hybridized carbons (Fsp3) is 0.538.